The number of nitrogens with one attached hydrogen (secondary N) is 1. The molecule has 108 valence electrons. The predicted molar refractivity (Wildman–Crippen MR) is 77.4 cm³/mol. The van der Waals surface area contributed by atoms with Crippen molar-refractivity contribution in [1.82, 2.24) is 5.32 Å². The first-order valence-electron chi connectivity index (χ1n) is 6.68. The van der Waals surface area contributed by atoms with Crippen LogP contribution < -0.4 is 5.32 Å². The van der Waals surface area contributed by atoms with Crippen LogP contribution in [0.5, 0.6) is 0 Å². The first kappa shape index (κ1) is 17.4. The van der Waals surface area contributed by atoms with E-state index in [4.69, 9.17) is 9.16 Å². The molecule has 0 fully saturated rings. The van der Waals surface area contributed by atoms with Gasteiger partial charge in [0.25, 0.3) is 0 Å². The third kappa shape index (κ3) is 6.40. The Morgan fingerprint density at radius 2 is 1.89 bits per heavy atom. The number of ether oxygens (including phenoxy) is 1. The number of carbonyl (C=O) groups is 1. The molecule has 5 heteroatoms. The summed E-state index contributed by atoms with van der Waals surface area (Å²) >= 11 is 0. The molecule has 0 aliphatic carbocycles. The van der Waals surface area contributed by atoms with E-state index in [9.17, 15) is 4.79 Å². The topological polar surface area (TPSA) is 47.6 Å². The maximum absolute atomic E-state index is 11.2. The van der Waals surface area contributed by atoms with E-state index in [2.05, 4.69) is 39.2 Å². The average Bonchev–Trinajstić information content (AvgIpc) is 2.15. The lowest BCUT2D eigenvalue weighted by Gasteiger charge is -2.36. The van der Waals surface area contributed by atoms with Crippen LogP contribution in [0.15, 0.2) is 0 Å². The summed E-state index contributed by atoms with van der Waals surface area (Å²) in [6.07, 6.45) is 0.280. The highest BCUT2D eigenvalue weighted by Gasteiger charge is 2.36. The van der Waals surface area contributed by atoms with Gasteiger partial charge < -0.3 is 14.5 Å². The highest BCUT2D eigenvalue weighted by molar-refractivity contribution is 6.74. The van der Waals surface area contributed by atoms with Crippen LogP contribution in [0.2, 0.25) is 18.1 Å². The Hall–Kier alpha value is -0.553. The molecule has 18 heavy (non-hydrogen) atoms. The Labute approximate surface area is 113 Å². The highest BCUT2D eigenvalue weighted by Crippen LogP contribution is 2.36. The number of hydrogen-bond acceptors (Lipinski definition) is 3. The van der Waals surface area contributed by atoms with E-state index in [1.807, 2.05) is 13.8 Å². The van der Waals surface area contributed by atoms with Crippen molar-refractivity contribution in [2.45, 2.75) is 65.3 Å². The number of hydrogen-bond donors (Lipinski definition) is 1. The molecule has 1 amide bonds. The Morgan fingerprint density at radius 1 is 1.33 bits per heavy atom. The van der Waals surface area contributed by atoms with Gasteiger partial charge in [-0.1, -0.05) is 20.8 Å². The maximum atomic E-state index is 11.2. The molecule has 0 unspecified atom stereocenters. The van der Waals surface area contributed by atoms with Crippen LogP contribution >= 0.6 is 0 Å². The van der Waals surface area contributed by atoms with Gasteiger partial charge in [0, 0.05) is 19.6 Å². The minimum atomic E-state index is -1.68. The van der Waals surface area contributed by atoms with Gasteiger partial charge in [-0.25, -0.2) is 4.79 Å². The van der Waals surface area contributed by atoms with Crippen molar-refractivity contribution in [3.63, 3.8) is 0 Å². The van der Waals surface area contributed by atoms with Gasteiger partial charge in [-0.2, -0.15) is 0 Å². The standard InChI is InChI=1S/C13H29NO3Si/c1-8-14-12(15)17-11(2)9-10-16-18(6,7)13(3,4)5/h11H,8-10H2,1-7H3,(H,14,15)/t11-/m1/s1. The number of alkyl carbamates (subject to hydrolysis) is 1. The Balaban J connectivity index is 3.94. The molecule has 1 atom stereocenters. The van der Waals surface area contributed by atoms with Crippen molar-refractivity contribution < 1.29 is 14.0 Å². The maximum Gasteiger partial charge on any atom is 0.407 e. The molecule has 0 aliphatic heterocycles. The second kappa shape index (κ2) is 7.14. The van der Waals surface area contributed by atoms with Crippen molar-refractivity contribution in [2.24, 2.45) is 0 Å². The number of amides is 1. The molecule has 0 rings (SSSR count). The minimum Gasteiger partial charge on any atom is -0.446 e. The highest BCUT2D eigenvalue weighted by atomic mass is 28.4. The lowest BCUT2D eigenvalue weighted by Crippen LogP contribution is -2.41. The molecular formula is C13H29NO3Si. The first-order chi connectivity index (χ1) is 8.10. The van der Waals surface area contributed by atoms with Crippen LogP contribution in [0, 0.1) is 0 Å². The minimum absolute atomic E-state index is 0.110. The zero-order valence-corrected chi connectivity index (χ0v) is 13.9. The van der Waals surface area contributed by atoms with Crippen LogP contribution in [0.25, 0.3) is 0 Å². The summed E-state index contributed by atoms with van der Waals surface area (Å²) in [5.74, 6) is 0. The van der Waals surface area contributed by atoms with E-state index >= 15 is 0 Å². The molecule has 4 nitrogen and oxygen atoms in total. The molecule has 0 saturated carbocycles. The number of rotatable bonds is 6. The normalized spacial score (nSPS) is 14.2. The monoisotopic (exact) mass is 275 g/mol. The SMILES string of the molecule is CCNC(=O)O[C@H](C)CCO[Si](C)(C)C(C)(C)C. The molecule has 0 saturated heterocycles. The van der Waals surface area contributed by atoms with Crippen LogP contribution in [-0.2, 0) is 9.16 Å². The molecule has 0 aromatic heterocycles. The predicted octanol–water partition coefficient (Wildman–Crippen LogP) is 3.53. The molecule has 0 bridgehead atoms. The summed E-state index contributed by atoms with van der Waals surface area (Å²) in [5.41, 5.74) is 0. The van der Waals surface area contributed by atoms with Crippen LogP contribution in [-0.4, -0.2) is 33.7 Å². The van der Waals surface area contributed by atoms with E-state index in [0.717, 1.165) is 6.42 Å². The van der Waals surface area contributed by atoms with Crippen molar-refractivity contribution in [3.8, 4) is 0 Å². The van der Waals surface area contributed by atoms with Gasteiger partial charge in [0.05, 0.1) is 0 Å². The zero-order chi connectivity index (χ0) is 14.4. The van der Waals surface area contributed by atoms with Crippen LogP contribution in [0.1, 0.15) is 41.0 Å². The fraction of sp³-hybridized carbons (Fsp3) is 0.923. The molecule has 0 aromatic rings. The molecule has 0 heterocycles. The lowest BCUT2D eigenvalue weighted by molar-refractivity contribution is 0.0917. The smallest absolute Gasteiger partial charge is 0.407 e. The van der Waals surface area contributed by atoms with Crippen molar-refractivity contribution in [2.75, 3.05) is 13.2 Å². The summed E-state index contributed by atoms with van der Waals surface area (Å²) in [4.78, 5) is 11.2. The fourth-order valence-corrected chi connectivity index (χ4v) is 2.19. The Morgan fingerprint density at radius 3 is 2.33 bits per heavy atom. The fourth-order valence-electron chi connectivity index (χ4n) is 1.12. The van der Waals surface area contributed by atoms with Gasteiger partial charge >= 0.3 is 6.09 Å². The summed E-state index contributed by atoms with van der Waals surface area (Å²) in [6.45, 7) is 16.1. The van der Waals surface area contributed by atoms with E-state index in [1.54, 1.807) is 0 Å². The summed E-state index contributed by atoms with van der Waals surface area (Å²) < 4.78 is 11.2. The largest absolute Gasteiger partial charge is 0.446 e. The third-order valence-electron chi connectivity index (χ3n) is 3.42. The van der Waals surface area contributed by atoms with E-state index < -0.39 is 8.32 Å². The van der Waals surface area contributed by atoms with E-state index in [1.165, 1.54) is 0 Å². The van der Waals surface area contributed by atoms with Gasteiger partial charge in [0.1, 0.15) is 6.10 Å². The number of carbonyl (C=O) groups excluding carboxylic acids is 1. The molecule has 0 aromatic carbocycles. The first-order valence-corrected chi connectivity index (χ1v) is 9.59. The van der Waals surface area contributed by atoms with Gasteiger partial charge in [-0.3, -0.25) is 0 Å². The lowest BCUT2D eigenvalue weighted by atomic mass is 10.2. The quantitative estimate of drug-likeness (QED) is 0.754. The molecule has 0 radical (unpaired) electrons. The average molecular weight is 275 g/mol. The van der Waals surface area contributed by atoms with Gasteiger partial charge in [0.2, 0.25) is 0 Å². The van der Waals surface area contributed by atoms with Crippen LogP contribution in [0.4, 0.5) is 4.79 Å². The second-order valence-electron chi connectivity index (χ2n) is 6.14. The van der Waals surface area contributed by atoms with Gasteiger partial charge in [-0.05, 0) is 32.0 Å². The molecule has 1 N–H and O–H groups in total. The van der Waals surface area contributed by atoms with E-state index in [-0.39, 0.29) is 17.2 Å². The van der Waals surface area contributed by atoms with Crippen molar-refractivity contribution in [3.05, 3.63) is 0 Å². The summed E-state index contributed by atoms with van der Waals surface area (Å²) in [6, 6.07) is 0. The second-order valence-corrected chi connectivity index (χ2v) is 11.0. The Bertz CT molecular complexity index is 261. The zero-order valence-electron chi connectivity index (χ0n) is 12.9. The molecule has 0 aliphatic rings. The summed E-state index contributed by atoms with van der Waals surface area (Å²) in [5, 5.41) is 2.83. The van der Waals surface area contributed by atoms with Gasteiger partial charge in [0.15, 0.2) is 8.32 Å². The van der Waals surface area contributed by atoms with Crippen molar-refractivity contribution in [1.29, 1.82) is 0 Å². The summed E-state index contributed by atoms with van der Waals surface area (Å²) in [7, 11) is -1.68. The van der Waals surface area contributed by atoms with Crippen molar-refractivity contribution >= 4 is 14.4 Å². The molecular weight excluding hydrogens is 246 g/mol. The van der Waals surface area contributed by atoms with E-state index in [0.29, 0.717) is 13.2 Å². The van der Waals surface area contributed by atoms with Gasteiger partial charge in [-0.15, -0.1) is 0 Å². The van der Waals surface area contributed by atoms with Crippen LogP contribution in [0.3, 0.4) is 0 Å². The third-order valence-corrected chi connectivity index (χ3v) is 7.96. The molecule has 0 spiro atoms. The Kier molecular flexibility index (Phi) is 6.92.